The third-order valence-electron chi connectivity index (χ3n) is 4.04. The molecule has 0 aliphatic carbocycles. The molecule has 0 aliphatic rings. The van der Waals surface area contributed by atoms with Gasteiger partial charge >= 0.3 is 0 Å². The summed E-state index contributed by atoms with van der Waals surface area (Å²) in [7, 11) is 0. The average molecular weight is 244 g/mol. The zero-order chi connectivity index (χ0) is 13.0. The fourth-order valence-corrected chi connectivity index (χ4v) is 3.07. The Morgan fingerprint density at radius 3 is 2.05 bits per heavy atom. The predicted octanol–water partition coefficient (Wildman–Crippen LogP) is 4.70. The Morgan fingerprint density at radius 1 is 0.737 bits per heavy atom. The van der Waals surface area contributed by atoms with E-state index in [9.17, 15) is 4.79 Å². The topological polar surface area (TPSA) is 17.1 Å². The van der Waals surface area contributed by atoms with E-state index in [1.807, 2.05) is 12.1 Å². The molecule has 4 aromatic rings. The summed E-state index contributed by atoms with van der Waals surface area (Å²) >= 11 is 0. The molecule has 0 amide bonds. The second-order valence-electron chi connectivity index (χ2n) is 5.08. The zero-order valence-corrected chi connectivity index (χ0v) is 10.6. The first kappa shape index (κ1) is 10.5. The SMILES string of the molecule is Cc1ccc2ccc3ccc(C=O)c4ccc1c2c34. The average Bonchev–Trinajstić information content (AvgIpc) is 2.46. The fraction of sp³-hybridized carbons (Fsp3) is 0.0556. The first-order valence-electron chi connectivity index (χ1n) is 6.42. The van der Waals surface area contributed by atoms with Crippen LogP contribution in [0.1, 0.15) is 15.9 Å². The van der Waals surface area contributed by atoms with Crippen LogP contribution in [-0.2, 0) is 0 Å². The molecule has 90 valence electrons. The van der Waals surface area contributed by atoms with Gasteiger partial charge < -0.3 is 0 Å². The molecule has 1 nitrogen and oxygen atoms in total. The van der Waals surface area contributed by atoms with Gasteiger partial charge in [-0.3, -0.25) is 4.79 Å². The molecule has 4 aromatic carbocycles. The lowest BCUT2D eigenvalue weighted by atomic mass is 9.90. The van der Waals surface area contributed by atoms with Crippen molar-refractivity contribution in [3.8, 4) is 0 Å². The summed E-state index contributed by atoms with van der Waals surface area (Å²) in [5.41, 5.74) is 2.04. The van der Waals surface area contributed by atoms with Crippen LogP contribution in [0.4, 0.5) is 0 Å². The van der Waals surface area contributed by atoms with E-state index in [1.165, 1.54) is 32.5 Å². The highest BCUT2D eigenvalue weighted by Crippen LogP contribution is 2.36. The minimum absolute atomic E-state index is 0.767. The van der Waals surface area contributed by atoms with Crippen molar-refractivity contribution >= 4 is 38.6 Å². The number of carbonyl (C=O) groups is 1. The lowest BCUT2D eigenvalue weighted by Gasteiger charge is -2.13. The van der Waals surface area contributed by atoms with Crippen molar-refractivity contribution in [1.29, 1.82) is 0 Å². The summed E-state index contributed by atoms with van der Waals surface area (Å²) in [4.78, 5) is 11.2. The normalized spacial score (nSPS) is 11.6. The Morgan fingerprint density at radius 2 is 1.32 bits per heavy atom. The van der Waals surface area contributed by atoms with Crippen LogP contribution in [0.3, 0.4) is 0 Å². The molecule has 0 spiro atoms. The lowest BCUT2D eigenvalue weighted by molar-refractivity contribution is 0.112. The summed E-state index contributed by atoms with van der Waals surface area (Å²) in [6.07, 6.45) is 0.943. The quantitative estimate of drug-likeness (QED) is 0.350. The van der Waals surface area contributed by atoms with Crippen LogP contribution in [0, 0.1) is 6.92 Å². The van der Waals surface area contributed by atoms with Gasteiger partial charge in [0.15, 0.2) is 6.29 Å². The Labute approximate surface area is 110 Å². The van der Waals surface area contributed by atoms with Gasteiger partial charge in [0.05, 0.1) is 0 Å². The van der Waals surface area contributed by atoms with E-state index in [0.29, 0.717) is 0 Å². The van der Waals surface area contributed by atoms with Crippen molar-refractivity contribution < 1.29 is 4.79 Å². The molecule has 0 radical (unpaired) electrons. The van der Waals surface area contributed by atoms with E-state index < -0.39 is 0 Å². The maximum atomic E-state index is 11.2. The summed E-state index contributed by atoms with van der Waals surface area (Å²) in [5.74, 6) is 0. The number of aryl methyl sites for hydroxylation is 1. The van der Waals surface area contributed by atoms with Crippen LogP contribution in [0.2, 0.25) is 0 Å². The van der Waals surface area contributed by atoms with Crippen LogP contribution < -0.4 is 0 Å². The summed E-state index contributed by atoms with van der Waals surface area (Å²) in [6.45, 7) is 2.13. The molecular weight excluding hydrogens is 232 g/mol. The van der Waals surface area contributed by atoms with Crippen LogP contribution in [0.25, 0.3) is 32.3 Å². The molecule has 4 rings (SSSR count). The van der Waals surface area contributed by atoms with Gasteiger partial charge in [-0.25, -0.2) is 0 Å². The second-order valence-corrected chi connectivity index (χ2v) is 5.08. The molecule has 0 heterocycles. The van der Waals surface area contributed by atoms with Gasteiger partial charge in [-0.2, -0.15) is 0 Å². The molecule has 1 heteroatoms. The minimum atomic E-state index is 0.767. The molecular formula is C18H12O. The Hall–Kier alpha value is -2.41. The minimum Gasteiger partial charge on any atom is -0.298 e. The highest BCUT2D eigenvalue weighted by molar-refractivity contribution is 6.25. The summed E-state index contributed by atoms with van der Waals surface area (Å²) in [6, 6.07) is 16.7. The van der Waals surface area contributed by atoms with Crippen LogP contribution >= 0.6 is 0 Å². The van der Waals surface area contributed by atoms with E-state index in [-0.39, 0.29) is 0 Å². The molecule has 19 heavy (non-hydrogen) atoms. The Bertz CT molecular complexity index is 934. The largest absolute Gasteiger partial charge is 0.298 e. The van der Waals surface area contributed by atoms with Crippen LogP contribution in [-0.4, -0.2) is 6.29 Å². The van der Waals surface area contributed by atoms with E-state index in [4.69, 9.17) is 0 Å². The number of rotatable bonds is 1. The van der Waals surface area contributed by atoms with Crippen molar-refractivity contribution in [2.24, 2.45) is 0 Å². The number of hydrogen-bond acceptors (Lipinski definition) is 1. The van der Waals surface area contributed by atoms with Gasteiger partial charge in [0.25, 0.3) is 0 Å². The third-order valence-corrected chi connectivity index (χ3v) is 4.04. The van der Waals surface area contributed by atoms with E-state index in [0.717, 1.165) is 17.2 Å². The van der Waals surface area contributed by atoms with E-state index >= 15 is 0 Å². The smallest absolute Gasteiger partial charge is 0.150 e. The third kappa shape index (κ3) is 1.27. The van der Waals surface area contributed by atoms with E-state index in [2.05, 4.69) is 43.3 Å². The van der Waals surface area contributed by atoms with Gasteiger partial charge in [0.2, 0.25) is 0 Å². The van der Waals surface area contributed by atoms with Crippen molar-refractivity contribution in [1.82, 2.24) is 0 Å². The maximum Gasteiger partial charge on any atom is 0.150 e. The molecule has 0 unspecified atom stereocenters. The Kier molecular flexibility index (Phi) is 1.96. The van der Waals surface area contributed by atoms with Crippen molar-refractivity contribution in [3.05, 3.63) is 59.7 Å². The highest BCUT2D eigenvalue weighted by atomic mass is 16.1. The second kappa shape index (κ2) is 3.55. The molecule has 0 saturated heterocycles. The van der Waals surface area contributed by atoms with E-state index in [1.54, 1.807) is 0 Å². The Balaban J connectivity index is 2.43. The first-order valence-corrected chi connectivity index (χ1v) is 6.42. The molecule has 0 aromatic heterocycles. The van der Waals surface area contributed by atoms with Gasteiger partial charge in [0, 0.05) is 5.56 Å². The van der Waals surface area contributed by atoms with Gasteiger partial charge in [-0.1, -0.05) is 48.5 Å². The van der Waals surface area contributed by atoms with Crippen LogP contribution in [0.15, 0.2) is 48.5 Å². The van der Waals surface area contributed by atoms with Gasteiger partial charge in [-0.15, -0.1) is 0 Å². The molecule has 0 aliphatic heterocycles. The van der Waals surface area contributed by atoms with Crippen molar-refractivity contribution in [2.45, 2.75) is 6.92 Å². The van der Waals surface area contributed by atoms with Crippen molar-refractivity contribution in [3.63, 3.8) is 0 Å². The molecule has 0 N–H and O–H groups in total. The molecule has 0 bridgehead atoms. The fourth-order valence-electron chi connectivity index (χ4n) is 3.07. The monoisotopic (exact) mass is 244 g/mol. The predicted molar refractivity (Wildman–Crippen MR) is 80.3 cm³/mol. The number of hydrogen-bond donors (Lipinski definition) is 0. The van der Waals surface area contributed by atoms with Crippen LogP contribution in [0.5, 0.6) is 0 Å². The van der Waals surface area contributed by atoms with Gasteiger partial charge in [-0.05, 0) is 44.8 Å². The molecule has 0 atom stereocenters. The number of carbonyl (C=O) groups excluding carboxylic acids is 1. The van der Waals surface area contributed by atoms with Gasteiger partial charge in [0.1, 0.15) is 0 Å². The summed E-state index contributed by atoms with van der Waals surface area (Å²) in [5, 5.41) is 7.25. The zero-order valence-electron chi connectivity index (χ0n) is 10.6. The van der Waals surface area contributed by atoms with Crippen molar-refractivity contribution in [2.75, 3.05) is 0 Å². The summed E-state index contributed by atoms with van der Waals surface area (Å²) < 4.78 is 0. The number of benzene rings is 4. The maximum absolute atomic E-state index is 11.2. The standard InChI is InChI=1S/C18H12O/c1-11-2-3-12-4-5-13-6-7-14(10-19)16-9-8-15(11)17(12)18(13)16/h2-10H,1H3. The highest BCUT2D eigenvalue weighted by Gasteiger charge is 2.11. The molecule has 0 fully saturated rings. The number of aldehydes is 1. The first-order chi connectivity index (χ1) is 9.29. The molecule has 0 saturated carbocycles. The lowest BCUT2D eigenvalue weighted by Crippen LogP contribution is -1.89.